The van der Waals surface area contributed by atoms with Gasteiger partial charge in [-0.1, -0.05) is 12.1 Å². The van der Waals surface area contributed by atoms with Gasteiger partial charge in [-0.15, -0.1) is 11.3 Å². The van der Waals surface area contributed by atoms with Gasteiger partial charge in [0, 0.05) is 19.5 Å². The average Bonchev–Trinajstić information content (AvgIpc) is 3.23. The highest BCUT2D eigenvalue weighted by atomic mass is 32.2. The Morgan fingerprint density at radius 1 is 1.21 bits per heavy atom. The molecule has 0 aliphatic carbocycles. The van der Waals surface area contributed by atoms with Crippen LogP contribution in [-0.2, 0) is 26.0 Å². The molecule has 0 radical (unpaired) electrons. The second-order valence-corrected chi connectivity index (χ2v) is 10.6. The summed E-state index contributed by atoms with van der Waals surface area (Å²) in [7, 11) is -3.68. The highest BCUT2D eigenvalue weighted by molar-refractivity contribution is 7.89. The zero-order valence-corrected chi connectivity index (χ0v) is 20.1. The van der Waals surface area contributed by atoms with Gasteiger partial charge in [-0.05, 0) is 50.1 Å². The summed E-state index contributed by atoms with van der Waals surface area (Å²) in [5.41, 5.74) is 1.33. The molecule has 10 heteroatoms. The molecule has 1 amide bonds. The molecule has 1 aromatic heterocycles. The smallest absolute Gasteiger partial charge is 0.243 e. The Kier molecular flexibility index (Phi) is 7.59. The van der Waals surface area contributed by atoms with E-state index in [0.29, 0.717) is 63.6 Å². The van der Waals surface area contributed by atoms with Crippen LogP contribution in [0.4, 0.5) is 5.69 Å². The van der Waals surface area contributed by atoms with Crippen LogP contribution in [0.2, 0.25) is 0 Å². The number of benzene rings is 2. The van der Waals surface area contributed by atoms with Crippen molar-refractivity contribution in [3.05, 3.63) is 47.5 Å². The molecule has 1 aliphatic rings. The van der Waals surface area contributed by atoms with Gasteiger partial charge in [-0.2, -0.15) is 4.31 Å². The summed E-state index contributed by atoms with van der Waals surface area (Å²) in [6, 6.07) is 12.5. The molecule has 1 N–H and O–H groups in total. The van der Waals surface area contributed by atoms with E-state index in [1.165, 1.54) is 16.4 Å². The molecule has 2 heterocycles. The Morgan fingerprint density at radius 3 is 2.76 bits per heavy atom. The van der Waals surface area contributed by atoms with Gasteiger partial charge >= 0.3 is 0 Å². The van der Waals surface area contributed by atoms with E-state index in [1.807, 2.05) is 31.2 Å². The predicted octanol–water partition coefficient (Wildman–Crippen LogP) is 3.68. The van der Waals surface area contributed by atoms with E-state index in [-0.39, 0.29) is 10.8 Å². The normalized spacial score (nSPS) is 14.9. The number of para-hydroxylation sites is 1. The van der Waals surface area contributed by atoms with Gasteiger partial charge in [0.25, 0.3) is 0 Å². The molecule has 0 unspecified atom stereocenters. The maximum Gasteiger partial charge on any atom is 0.243 e. The maximum absolute atomic E-state index is 13.0. The molecular formula is C23H27N3O5S2. The number of ether oxygens (including phenoxy) is 2. The predicted molar refractivity (Wildman–Crippen MR) is 128 cm³/mol. The van der Waals surface area contributed by atoms with E-state index in [9.17, 15) is 13.2 Å². The number of morpholine rings is 1. The molecule has 176 valence electrons. The number of nitrogens with one attached hydrogen (secondary N) is 1. The number of carbonyl (C=O) groups excluding carboxylic acids is 1. The Labute approximate surface area is 197 Å². The van der Waals surface area contributed by atoms with Crippen LogP contribution in [0, 0.1) is 0 Å². The quantitative estimate of drug-likeness (QED) is 0.492. The van der Waals surface area contributed by atoms with Crippen LogP contribution in [0.5, 0.6) is 5.75 Å². The van der Waals surface area contributed by atoms with E-state index >= 15 is 0 Å². The van der Waals surface area contributed by atoms with Crippen LogP contribution in [0.3, 0.4) is 0 Å². The van der Waals surface area contributed by atoms with Crippen LogP contribution in [0.25, 0.3) is 10.2 Å². The van der Waals surface area contributed by atoms with Crippen molar-refractivity contribution in [2.45, 2.75) is 31.1 Å². The van der Waals surface area contributed by atoms with E-state index in [0.717, 1.165) is 15.2 Å². The number of nitrogens with zero attached hydrogens (tertiary/aromatic N) is 2. The van der Waals surface area contributed by atoms with Crippen molar-refractivity contribution in [3.63, 3.8) is 0 Å². The minimum absolute atomic E-state index is 0.123. The van der Waals surface area contributed by atoms with E-state index in [2.05, 4.69) is 10.3 Å². The van der Waals surface area contributed by atoms with E-state index in [1.54, 1.807) is 17.4 Å². The summed E-state index contributed by atoms with van der Waals surface area (Å²) < 4.78 is 39.4. The van der Waals surface area contributed by atoms with Crippen LogP contribution < -0.4 is 10.1 Å². The number of rotatable bonds is 9. The Balaban J connectivity index is 1.42. The standard InChI is InChI=1S/C23H27N3O5S2/c1-2-31-20-11-10-17(33(28,29)26-12-14-30-15-13-26)16-19(20)24-22(27)8-5-9-23-25-18-6-3-4-7-21(18)32-23/h3-4,6-7,10-11,16H,2,5,8-9,12-15H2,1H3,(H,24,27). The first-order valence-electron chi connectivity index (χ1n) is 11.0. The number of aromatic nitrogens is 1. The minimum atomic E-state index is -3.68. The number of fused-ring (bicyclic) bond motifs is 1. The molecule has 33 heavy (non-hydrogen) atoms. The van der Waals surface area contributed by atoms with Crippen molar-refractivity contribution < 1.29 is 22.7 Å². The third-order valence-corrected chi connectivity index (χ3v) is 8.26. The van der Waals surface area contributed by atoms with Crippen LogP contribution in [0.15, 0.2) is 47.4 Å². The van der Waals surface area contributed by atoms with Gasteiger partial charge in [-0.3, -0.25) is 4.79 Å². The van der Waals surface area contributed by atoms with Crippen LogP contribution >= 0.6 is 11.3 Å². The minimum Gasteiger partial charge on any atom is -0.492 e. The number of thiazole rings is 1. The number of hydrogen-bond acceptors (Lipinski definition) is 7. The van der Waals surface area contributed by atoms with Crippen molar-refractivity contribution in [1.29, 1.82) is 0 Å². The molecule has 2 aromatic carbocycles. The van der Waals surface area contributed by atoms with Gasteiger partial charge < -0.3 is 14.8 Å². The lowest BCUT2D eigenvalue weighted by molar-refractivity contribution is -0.116. The Morgan fingerprint density at radius 2 is 2.00 bits per heavy atom. The zero-order valence-electron chi connectivity index (χ0n) is 18.5. The first-order chi connectivity index (χ1) is 16.0. The number of aryl methyl sites for hydroxylation is 1. The molecule has 8 nitrogen and oxygen atoms in total. The van der Waals surface area contributed by atoms with Gasteiger partial charge in [0.05, 0.1) is 45.6 Å². The fraction of sp³-hybridized carbons (Fsp3) is 0.391. The number of amides is 1. The topological polar surface area (TPSA) is 97.8 Å². The van der Waals surface area contributed by atoms with Gasteiger partial charge in [0.2, 0.25) is 15.9 Å². The number of carbonyl (C=O) groups is 1. The van der Waals surface area contributed by atoms with Crippen molar-refractivity contribution in [2.75, 3.05) is 38.2 Å². The van der Waals surface area contributed by atoms with Crippen LogP contribution in [0.1, 0.15) is 24.8 Å². The van der Waals surface area contributed by atoms with Crippen molar-refractivity contribution >= 4 is 43.2 Å². The molecule has 3 aromatic rings. The SMILES string of the molecule is CCOc1ccc(S(=O)(=O)N2CCOCC2)cc1NC(=O)CCCc1nc2ccccc2s1. The summed E-state index contributed by atoms with van der Waals surface area (Å²) in [4.78, 5) is 17.4. The summed E-state index contributed by atoms with van der Waals surface area (Å²) in [5, 5.41) is 3.83. The third-order valence-electron chi connectivity index (χ3n) is 5.27. The number of sulfonamides is 1. The molecule has 0 atom stereocenters. The first kappa shape index (κ1) is 23.6. The van der Waals surface area contributed by atoms with Crippen molar-refractivity contribution in [2.24, 2.45) is 0 Å². The summed E-state index contributed by atoms with van der Waals surface area (Å²) in [6.45, 7) is 3.59. The van der Waals surface area contributed by atoms with E-state index in [4.69, 9.17) is 9.47 Å². The molecule has 0 bridgehead atoms. The molecule has 0 spiro atoms. The van der Waals surface area contributed by atoms with Gasteiger partial charge in [-0.25, -0.2) is 13.4 Å². The fourth-order valence-electron chi connectivity index (χ4n) is 3.62. The fourth-order valence-corrected chi connectivity index (χ4v) is 6.07. The van der Waals surface area contributed by atoms with Gasteiger partial charge in [0.15, 0.2) is 0 Å². The lowest BCUT2D eigenvalue weighted by Crippen LogP contribution is -2.40. The Hall–Kier alpha value is -2.53. The first-order valence-corrected chi connectivity index (χ1v) is 13.2. The van der Waals surface area contributed by atoms with E-state index < -0.39 is 10.0 Å². The lowest BCUT2D eigenvalue weighted by atomic mass is 10.2. The summed E-state index contributed by atoms with van der Waals surface area (Å²) in [5.74, 6) is 0.246. The highest BCUT2D eigenvalue weighted by Gasteiger charge is 2.27. The van der Waals surface area contributed by atoms with Crippen molar-refractivity contribution in [1.82, 2.24) is 9.29 Å². The Bertz CT molecular complexity index is 1190. The molecule has 4 rings (SSSR count). The number of hydrogen-bond donors (Lipinski definition) is 1. The summed E-state index contributed by atoms with van der Waals surface area (Å²) in [6.07, 6.45) is 1.64. The molecular weight excluding hydrogens is 462 g/mol. The second kappa shape index (κ2) is 10.6. The van der Waals surface area contributed by atoms with Crippen molar-refractivity contribution in [3.8, 4) is 5.75 Å². The van der Waals surface area contributed by atoms with Gasteiger partial charge in [0.1, 0.15) is 5.75 Å². The maximum atomic E-state index is 13.0. The lowest BCUT2D eigenvalue weighted by Gasteiger charge is -2.26. The average molecular weight is 490 g/mol. The monoisotopic (exact) mass is 489 g/mol. The van der Waals surface area contributed by atoms with Crippen LogP contribution in [-0.4, -0.2) is 56.5 Å². The second-order valence-electron chi connectivity index (χ2n) is 7.58. The molecule has 1 fully saturated rings. The molecule has 0 saturated carbocycles. The molecule has 1 aliphatic heterocycles. The largest absolute Gasteiger partial charge is 0.492 e. The highest BCUT2D eigenvalue weighted by Crippen LogP contribution is 2.30. The number of anilines is 1. The summed E-state index contributed by atoms with van der Waals surface area (Å²) >= 11 is 1.64. The third kappa shape index (κ3) is 5.70. The molecule has 1 saturated heterocycles. The zero-order chi connectivity index (χ0) is 23.3.